The lowest BCUT2D eigenvalue weighted by Gasteiger charge is -2.19. The number of hydrogen-bond acceptors (Lipinski definition) is 6. The second-order valence-electron chi connectivity index (χ2n) is 9.96. The number of urea groups is 1. The summed E-state index contributed by atoms with van der Waals surface area (Å²) in [7, 11) is 1.50. The molecule has 10 heteroatoms. The van der Waals surface area contributed by atoms with Crippen LogP contribution in [0.25, 0.3) is 0 Å². The number of aromatic nitrogens is 1. The van der Waals surface area contributed by atoms with Gasteiger partial charge in [0.25, 0.3) is 0 Å². The van der Waals surface area contributed by atoms with Gasteiger partial charge in [-0.2, -0.15) is 0 Å². The highest BCUT2D eigenvalue weighted by atomic mass is 16.5. The van der Waals surface area contributed by atoms with Crippen LogP contribution < -0.4 is 20.7 Å². The van der Waals surface area contributed by atoms with Crippen molar-refractivity contribution in [3.8, 4) is 5.75 Å². The van der Waals surface area contributed by atoms with E-state index in [0.29, 0.717) is 40.7 Å². The van der Waals surface area contributed by atoms with E-state index >= 15 is 0 Å². The predicted octanol–water partition coefficient (Wildman–Crippen LogP) is 5.34. The van der Waals surface area contributed by atoms with Crippen LogP contribution in [0.5, 0.6) is 5.75 Å². The number of carboxylic acid groups (broad SMARTS) is 1. The molecule has 0 aliphatic heterocycles. The van der Waals surface area contributed by atoms with Crippen molar-refractivity contribution in [1.82, 2.24) is 10.3 Å². The highest BCUT2D eigenvalue weighted by Gasteiger charge is 2.22. The van der Waals surface area contributed by atoms with Gasteiger partial charge in [0, 0.05) is 12.1 Å². The molecule has 2 aromatic carbocycles. The van der Waals surface area contributed by atoms with Crippen LogP contribution in [0.4, 0.5) is 16.2 Å². The van der Waals surface area contributed by atoms with E-state index in [4.69, 9.17) is 14.3 Å². The van der Waals surface area contributed by atoms with Crippen LogP contribution in [-0.4, -0.2) is 35.1 Å². The Morgan fingerprint density at radius 2 is 1.77 bits per heavy atom. The van der Waals surface area contributed by atoms with E-state index in [1.54, 1.807) is 25.1 Å². The Kier molecular flexibility index (Phi) is 10.1. The first kappa shape index (κ1) is 29.2. The quantitative estimate of drug-likeness (QED) is 0.244. The van der Waals surface area contributed by atoms with Crippen LogP contribution in [0.2, 0.25) is 0 Å². The van der Waals surface area contributed by atoms with Crippen molar-refractivity contribution >= 4 is 29.3 Å². The van der Waals surface area contributed by atoms with Crippen LogP contribution in [0.1, 0.15) is 55.9 Å². The summed E-state index contributed by atoms with van der Waals surface area (Å²) in [6.45, 7) is 7.57. The highest BCUT2D eigenvalue weighted by Crippen LogP contribution is 2.27. The minimum Gasteiger partial charge on any atom is -0.495 e. The van der Waals surface area contributed by atoms with Crippen LogP contribution in [0.15, 0.2) is 53.1 Å². The summed E-state index contributed by atoms with van der Waals surface area (Å²) in [6, 6.07) is 11.8. The fourth-order valence-corrected chi connectivity index (χ4v) is 4.02. The molecule has 0 saturated carbocycles. The van der Waals surface area contributed by atoms with Gasteiger partial charge in [0.1, 0.15) is 17.7 Å². The smallest absolute Gasteiger partial charge is 0.323 e. The molecule has 1 heterocycles. The molecule has 3 amide bonds. The minimum absolute atomic E-state index is 0.0847. The number of aliphatic carboxylic acids is 1. The third-order valence-corrected chi connectivity index (χ3v) is 6.14. The van der Waals surface area contributed by atoms with Crippen molar-refractivity contribution < 1.29 is 28.6 Å². The number of nitrogens with zero attached hydrogens (tertiary/aromatic N) is 1. The first-order valence-corrected chi connectivity index (χ1v) is 12.8. The third-order valence-electron chi connectivity index (χ3n) is 6.14. The van der Waals surface area contributed by atoms with Gasteiger partial charge in [0.15, 0.2) is 5.89 Å². The van der Waals surface area contributed by atoms with Crippen molar-refractivity contribution in [2.24, 2.45) is 11.8 Å². The Labute approximate surface area is 228 Å². The Hall–Kier alpha value is -4.34. The number of methoxy groups -OCH3 is 1. The molecule has 0 aliphatic carbocycles. The van der Waals surface area contributed by atoms with Gasteiger partial charge in [0.05, 0.1) is 31.2 Å². The standard InChI is InChI=1S/C29H36N4O6/c1-17(2)12-23(24-16-39-27(31-24)13-19(4)28(35)36)30-26(34)15-20-10-11-22(25(14-20)38-5)33-29(37)32-21-9-7-6-8-18(21)3/h6-11,14,16-17,19,23H,12-13,15H2,1-5H3,(H,30,34)(H,35,36)(H2,32,33,37). The number of para-hydroxylation sites is 1. The molecule has 0 bridgehead atoms. The van der Waals surface area contributed by atoms with E-state index < -0.39 is 17.9 Å². The van der Waals surface area contributed by atoms with Crippen LogP contribution in [0, 0.1) is 18.8 Å². The highest BCUT2D eigenvalue weighted by molar-refractivity contribution is 6.01. The molecule has 4 N–H and O–H groups in total. The number of carbonyl (C=O) groups is 3. The van der Waals surface area contributed by atoms with Gasteiger partial charge in [-0.1, -0.05) is 45.0 Å². The van der Waals surface area contributed by atoms with E-state index in [2.05, 4.69) is 20.9 Å². The molecule has 10 nitrogen and oxygen atoms in total. The monoisotopic (exact) mass is 536 g/mol. The Balaban J connectivity index is 1.65. The number of anilines is 2. The Morgan fingerprint density at radius 3 is 2.44 bits per heavy atom. The summed E-state index contributed by atoms with van der Waals surface area (Å²) in [6.07, 6.45) is 2.36. The summed E-state index contributed by atoms with van der Waals surface area (Å²) in [5.74, 6) is -0.760. The summed E-state index contributed by atoms with van der Waals surface area (Å²) in [5.41, 5.74) is 3.37. The average molecular weight is 537 g/mol. The fraction of sp³-hybridized carbons (Fsp3) is 0.379. The minimum atomic E-state index is -0.926. The largest absolute Gasteiger partial charge is 0.495 e. The lowest BCUT2D eigenvalue weighted by Crippen LogP contribution is -2.31. The summed E-state index contributed by atoms with van der Waals surface area (Å²) in [4.78, 5) is 41.1. The van der Waals surface area contributed by atoms with Crippen molar-refractivity contribution in [1.29, 1.82) is 0 Å². The number of carbonyl (C=O) groups excluding carboxylic acids is 2. The van der Waals surface area contributed by atoms with Crippen LogP contribution >= 0.6 is 0 Å². The van der Waals surface area contributed by atoms with E-state index in [1.165, 1.54) is 13.4 Å². The second-order valence-corrected chi connectivity index (χ2v) is 9.96. The molecule has 3 rings (SSSR count). The van der Waals surface area contributed by atoms with E-state index in [-0.39, 0.29) is 30.7 Å². The molecule has 2 atom stereocenters. The number of benzene rings is 2. The molecule has 208 valence electrons. The maximum absolute atomic E-state index is 13.0. The SMILES string of the molecule is COc1cc(CC(=O)NC(CC(C)C)c2coc(CC(C)C(=O)O)n2)ccc1NC(=O)Nc1ccccc1C. The van der Waals surface area contributed by atoms with Crippen molar-refractivity contribution in [2.45, 2.75) is 53.0 Å². The molecular weight excluding hydrogens is 500 g/mol. The first-order valence-electron chi connectivity index (χ1n) is 12.8. The lowest BCUT2D eigenvalue weighted by atomic mass is 10.0. The molecule has 0 radical (unpaired) electrons. The van der Waals surface area contributed by atoms with Gasteiger partial charge in [0.2, 0.25) is 5.91 Å². The Morgan fingerprint density at radius 1 is 1.05 bits per heavy atom. The predicted molar refractivity (Wildman–Crippen MR) is 148 cm³/mol. The normalized spacial score (nSPS) is 12.5. The number of hydrogen-bond donors (Lipinski definition) is 4. The van der Waals surface area contributed by atoms with Crippen molar-refractivity contribution in [3.05, 3.63) is 71.4 Å². The average Bonchev–Trinajstić information content (AvgIpc) is 3.34. The maximum atomic E-state index is 13.0. The van der Waals surface area contributed by atoms with Gasteiger partial charge in [-0.3, -0.25) is 9.59 Å². The second kappa shape index (κ2) is 13.5. The topological polar surface area (TPSA) is 143 Å². The number of carboxylic acids is 1. The summed E-state index contributed by atoms with van der Waals surface area (Å²) in [5, 5.41) is 17.8. The fourth-order valence-electron chi connectivity index (χ4n) is 4.02. The number of nitrogens with one attached hydrogen (secondary N) is 3. The molecule has 1 aromatic heterocycles. The molecule has 0 saturated heterocycles. The van der Waals surface area contributed by atoms with E-state index in [1.807, 2.05) is 45.0 Å². The van der Waals surface area contributed by atoms with Crippen molar-refractivity contribution in [3.63, 3.8) is 0 Å². The van der Waals surface area contributed by atoms with Gasteiger partial charge in [-0.15, -0.1) is 0 Å². The number of aryl methyl sites for hydroxylation is 1. The number of ether oxygens (including phenoxy) is 1. The first-order chi connectivity index (χ1) is 18.5. The third kappa shape index (κ3) is 8.59. The molecule has 39 heavy (non-hydrogen) atoms. The van der Waals surface area contributed by atoms with E-state index in [9.17, 15) is 14.4 Å². The molecule has 3 aromatic rings. The summed E-state index contributed by atoms with van der Waals surface area (Å²) < 4.78 is 10.9. The molecule has 0 fully saturated rings. The van der Waals surface area contributed by atoms with Gasteiger partial charge < -0.3 is 30.2 Å². The van der Waals surface area contributed by atoms with Crippen LogP contribution in [0.3, 0.4) is 0 Å². The lowest BCUT2D eigenvalue weighted by molar-refractivity contribution is -0.141. The maximum Gasteiger partial charge on any atom is 0.323 e. The number of amides is 3. The van der Waals surface area contributed by atoms with E-state index in [0.717, 1.165) is 5.56 Å². The van der Waals surface area contributed by atoms with Gasteiger partial charge in [-0.05, 0) is 48.6 Å². The zero-order chi connectivity index (χ0) is 28.5. The number of oxazole rings is 1. The molecular formula is C29H36N4O6. The molecule has 2 unspecified atom stereocenters. The zero-order valence-corrected chi connectivity index (χ0v) is 22.9. The van der Waals surface area contributed by atoms with Crippen molar-refractivity contribution in [2.75, 3.05) is 17.7 Å². The Bertz CT molecular complexity index is 1300. The molecule has 0 spiro atoms. The summed E-state index contributed by atoms with van der Waals surface area (Å²) >= 11 is 0. The van der Waals surface area contributed by atoms with Gasteiger partial charge in [-0.25, -0.2) is 9.78 Å². The van der Waals surface area contributed by atoms with Crippen LogP contribution in [-0.2, 0) is 22.4 Å². The zero-order valence-electron chi connectivity index (χ0n) is 22.9. The van der Waals surface area contributed by atoms with Gasteiger partial charge >= 0.3 is 12.0 Å². The number of rotatable bonds is 12. The molecule has 0 aliphatic rings.